The molecular weight excluding hydrogens is 279 g/mol. The van der Waals surface area contributed by atoms with Gasteiger partial charge in [-0.25, -0.2) is 9.78 Å². The van der Waals surface area contributed by atoms with Gasteiger partial charge in [-0.1, -0.05) is 25.7 Å². The fraction of sp³-hybridized carbons (Fsp3) is 0.667. The van der Waals surface area contributed by atoms with Crippen LogP contribution in [0.15, 0.2) is 0 Å². The number of carboxylic acids is 1. The molecule has 106 valence electrons. The van der Waals surface area contributed by atoms with E-state index in [-0.39, 0.29) is 5.92 Å². The minimum absolute atomic E-state index is 0.0262. The number of halogens is 3. The topological polar surface area (TPSA) is 50.2 Å². The van der Waals surface area contributed by atoms with Crippen molar-refractivity contribution < 1.29 is 23.1 Å². The van der Waals surface area contributed by atoms with Crippen LogP contribution in [0.4, 0.5) is 13.2 Å². The monoisotopic (exact) mass is 293 g/mol. The van der Waals surface area contributed by atoms with E-state index >= 15 is 0 Å². The molecule has 3 nitrogen and oxygen atoms in total. The molecule has 2 rings (SSSR count). The van der Waals surface area contributed by atoms with E-state index in [2.05, 4.69) is 4.98 Å². The van der Waals surface area contributed by atoms with Gasteiger partial charge < -0.3 is 5.11 Å². The summed E-state index contributed by atoms with van der Waals surface area (Å²) >= 11 is 0.680. The molecule has 0 amide bonds. The lowest BCUT2D eigenvalue weighted by Gasteiger charge is -2.09. The van der Waals surface area contributed by atoms with Crippen LogP contribution in [0.2, 0.25) is 0 Å². The molecule has 1 N–H and O–H groups in total. The summed E-state index contributed by atoms with van der Waals surface area (Å²) in [5.74, 6) is -1.58. The molecular formula is C12H14F3NO2S. The van der Waals surface area contributed by atoms with Crippen molar-refractivity contribution in [3.8, 4) is 0 Å². The number of nitrogens with zero attached hydrogens (tertiary/aromatic N) is 1. The molecule has 19 heavy (non-hydrogen) atoms. The molecule has 0 radical (unpaired) electrons. The summed E-state index contributed by atoms with van der Waals surface area (Å²) in [5.41, 5.74) is -1.25. The van der Waals surface area contributed by atoms with Gasteiger partial charge in [0, 0.05) is 5.92 Å². The zero-order chi connectivity index (χ0) is 14.0. The Hall–Kier alpha value is -1.11. The molecule has 0 bridgehead atoms. The fourth-order valence-corrected chi connectivity index (χ4v) is 3.47. The van der Waals surface area contributed by atoms with Gasteiger partial charge in [-0.2, -0.15) is 13.2 Å². The predicted octanol–water partition coefficient (Wildman–Crippen LogP) is 4.30. The molecule has 1 saturated carbocycles. The number of hydrogen-bond acceptors (Lipinski definition) is 3. The van der Waals surface area contributed by atoms with Crippen LogP contribution < -0.4 is 0 Å². The molecule has 0 spiro atoms. The first kappa shape index (κ1) is 14.3. The van der Waals surface area contributed by atoms with Crippen molar-refractivity contribution in [3.63, 3.8) is 0 Å². The third-order valence-electron chi connectivity index (χ3n) is 3.31. The first-order valence-corrected chi connectivity index (χ1v) is 7.02. The maximum Gasteiger partial charge on any atom is 0.435 e. The number of thiazole rings is 1. The second kappa shape index (κ2) is 5.48. The summed E-state index contributed by atoms with van der Waals surface area (Å²) in [6.45, 7) is 0. The van der Waals surface area contributed by atoms with Gasteiger partial charge in [0.05, 0.1) is 5.01 Å². The fourth-order valence-electron chi connectivity index (χ4n) is 2.37. The standard InChI is InChI=1S/C12H14F3NO2S/c13-12(14,15)9-8(11(17)18)19-10(16-9)7-5-3-1-2-4-6-7/h7H,1-6H2,(H,17,18). The lowest BCUT2D eigenvalue weighted by Crippen LogP contribution is -2.11. The average Bonchev–Trinajstić information content (AvgIpc) is 2.60. The molecule has 0 aliphatic heterocycles. The zero-order valence-electron chi connectivity index (χ0n) is 10.2. The van der Waals surface area contributed by atoms with Crippen molar-refractivity contribution in [2.45, 2.75) is 50.6 Å². The molecule has 1 aromatic rings. The Morgan fingerprint density at radius 3 is 2.21 bits per heavy atom. The van der Waals surface area contributed by atoms with E-state index in [0.29, 0.717) is 16.3 Å². The highest BCUT2D eigenvalue weighted by Crippen LogP contribution is 2.39. The van der Waals surface area contributed by atoms with Crippen LogP contribution in [-0.4, -0.2) is 16.1 Å². The quantitative estimate of drug-likeness (QED) is 0.827. The van der Waals surface area contributed by atoms with E-state index in [0.717, 1.165) is 38.5 Å². The summed E-state index contributed by atoms with van der Waals surface area (Å²) in [6, 6.07) is 0. The van der Waals surface area contributed by atoms with Crippen molar-refractivity contribution in [1.29, 1.82) is 0 Å². The molecule has 1 aliphatic rings. The normalized spacial score (nSPS) is 18.3. The zero-order valence-corrected chi connectivity index (χ0v) is 11.0. The Morgan fingerprint density at radius 1 is 1.21 bits per heavy atom. The van der Waals surface area contributed by atoms with Gasteiger partial charge >= 0.3 is 12.1 Å². The minimum Gasteiger partial charge on any atom is -0.477 e. The maximum absolute atomic E-state index is 12.8. The third-order valence-corrected chi connectivity index (χ3v) is 4.52. The lowest BCUT2D eigenvalue weighted by atomic mass is 10.0. The molecule has 0 unspecified atom stereocenters. The van der Waals surface area contributed by atoms with Crippen molar-refractivity contribution >= 4 is 17.3 Å². The second-order valence-corrected chi connectivity index (χ2v) is 5.75. The van der Waals surface area contributed by atoms with E-state index in [1.165, 1.54) is 0 Å². The maximum atomic E-state index is 12.8. The van der Waals surface area contributed by atoms with Crippen LogP contribution in [0.25, 0.3) is 0 Å². The molecule has 1 fully saturated rings. The predicted molar refractivity (Wildman–Crippen MR) is 64.5 cm³/mol. The molecule has 7 heteroatoms. The number of alkyl halides is 3. The number of carbonyl (C=O) groups is 1. The van der Waals surface area contributed by atoms with Gasteiger partial charge in [0.1, 0.15) is 4.88 Å². The Labute approximate surface area is 112 Å². The van der Waals surface area contributed by atoms with E-state index < -0.39 is 22.7 Å². The summed E-state index contributed by atoms with van der Waals surface area (Å²) < 4.78 is 38.3. The van der Waals surface area contributed by atoms with Gasteiger partial charge in [0.25, 0.3) is 0 Å². The van der Waals surface area contributed by atoms with Gasteiger partial charge in [-0.15, -0.1) is 11.3 Å². The first-order valence-electron chi connectivity index (χ1n) is 6.21. The number of carboxylic acid groups (broad SMARTS) is 1. The van der Waals surface area contributed by atoms with E-state index in [1.54, 1.807) is 0 Å². The Morgan fingerprint density at radius 2 is 1.79 bits per heavy atom. The van der Waals surface area contributed by atoms with Crippen molar-refractivity contribution in [3.05, 3.63) is 15.6 Å². The molecule has 1 heterocycles. The SMILES string of the molecule is O=C(O)c1sc(C2CCCCCC2)nc1C(F)(F)F. The molecule has 0 aromatic carbocycles. The van der Waals surface area contributed by atoms with Crippen LogP contribution in [-0.2, 0) is 6.18 Å². The highest BCUT2D eigenvalue weighted by Gasteiger charge is 2.40. The highest BCUT2D eigenvalue weighted by atomic mass is 32.1. The van der Waals surface area contributed by atoms with Crippen LogP contribution in [0.5, 0.6) is 0 Å². The highest BCUT2D eigenvalue weighted by molar-refractivity contribution is 7.13. The molecule has 1 aromatic heterocycles. The Bertz CT molecular complexity index is 462. The number of rotatable bonds is 2. The summed E-state index contributed by atoms with van der Waals surface area (Å²) in [7, 11) is 0. The Kier molecular flexibility index (Phi) is 4.13. The van der Waals surface area contributed by atoms with Crippen LogP contribution in [0.3, 0.4) is 0 Å². The van der Waals surface area contributed by atoms with E-state index in [4.69, 9.17) is 5.11 Å². The third kappa shape index (κ3) is 3.26. The summed E-state index contributed by atoms with van der Waals surface area (Å²) in [6.07, 6.45) is 0.989. The summed E-state index contributed by atoms with van der Waals surface area (Å²) in [4.78, 5) is 13.8. The van der Waals surface area contributed by atoms with Gasteiger partial charge in [-0.05, 0) is 12.8 Å². The number of aromatic carboxylic acids is 1. The minimum atomic E-state index is -4.70. The van der Waals surface area contributed by atoms with Gasteiger partial charge in [-0.3, -0.25) is 0 Å². The van der Waals surface area contributed by atoms with Crippen molar-refractivity contribution in [1.82, 2.24) is 4.98 Å². The summed E-state index contributed by atoms with van der Waals surface area (Å²) in [5, 5.41) is 9.19. The van der Waals surface area contributed by atoms with Gasteiger partial charge in [0.2, 0.25) is 0 Å². The first-order chi connectivity index (χ1) is 8.89. The van der Waals surface area contributed by atoms with Crippen molar-refractivity contribution in [2.75, 3.05) is 0 Å². The molecule has 0 atom stereocenters. The second-order valence-electron chi connectivity index (χ2n) is 4.72. The molecule has 0 saturated heterocycles. The number of aromatic nitrogens is 1. The van der Waals surface area contributed by atoms with Gasteiger partial charge in [0.15, 0.2) is 5.69 Å². The smallest absolute Gasteiger partial charge is 0.435 e. The lowest BCUT2D eigenvalue weighted by molar-refractivity contribution is -0.141. The van der Waals surface area contributed by atoms with E-state index in [1.807, 2.05) is 0 Å². The van der Waals surface area contributed by atoms with Crippen LogP contribution >= 0.6 is 11.3 Å². The van der Waals surface area contributed by atoms with Crippen LogP contribution in [0, 0.1) is 0 Å². The Balaban J connectivity index is 2.34. The van der Waals surface area contributed by atoms with Crippen LogP contribution in [0.1, 0.15) is 64.8 Å². The van der Waals surface area contributed by atoms with E-state index in [9.17, 15) is 18.0 Å². The van der Waals surface area contributed by atoms with Crippen molar-refractivity contribution in [2.24, 2.45) is 0 Å². The molecule has 1 aliphatic carbocycles. The number of hydrogen-bond donors (Lipinski definition) is 1. The average molecular weight is 293 g/mol. The largest absolute Gasteiger partial charge is 0.477 e.